The molecule has 20 heavy (non-hydrogen) atoms. The minimum absolute atomic E-state index is 0.0182. The Balaban J connectivity index is 1.92. The van der Waals surface area contributed by atoms with Crippen LogP contribution in [0.5, 0.6) is 0 Å². The van der Waals surface area contributed by atoms with Crippen LogP contribution in [0.4, 0.5) is 0 Å². The number of ether oxygens (including phenoxy) is 1. The van der Waals surface area contributed by atoms with Crippen molar-refractivity contribution >= 4 is 16.8 Å². The van der Waals surface area contributed by atoms with Crippen molar-refractivity contribution in [3.05, 3.63) is 34.6 Å². The minimum atomic E-state index is -0.0737. The number of carbonyl (C=O) groups is 1. The van der Waals surface area contributed by atoms with E-state index in [9.17, 15) is 9.59 Å². The predicted molar refractivity (Wildman–Crippen MR) is 74.6 cm³/mol. The van der Waals surface area contributed by atoms with Crippen molar-refractivity contribution in [1.82, 2.24) is 14.3 Å². The molecule has 0 atom stereocenters. The monoisotopic (exact) mass is 275 g/mol. The van der Waals surface area contributed by atoms with Crippen LogP contribution in [0, 0.1) is 0 Å². The van der Waals surface area contributed by atoms with Crippen molar-refractivity contribution in [2.24, 2.45) is 7.05 Å². The lowest BCUT2D eigenvalue weighted by atomic mass is 10.2. The SMILES string of the molecule is Cn1c(=O)c2ccccc2n1CC(=O)N1CCOCC1. The largest absolute Gasteiger partial charge is 0.378 e. The van der Waals surface area contributed by atoms with Gasteiger partial charge < -0.3 is 9.64 Å². The summed E-state index contributed by atoms with van der Waals surface area (Å²) in [5, 5.41) is 0.643. The van der Waals surface area contributed by atoms with Crippen molar-refractivity contribution in [1.29, 1.82) is 0 Å². The Morgan fingerprint density at radius 3 is 2.70 bits per heavy atom. The van der Waals surface area contributed by atoms with Crippen LogP contribution in [0.25, 0.3) is 10.9 Å². The summed E-state index contributed by atoms with van der Waals surface area (Å²) in [5.41, 5.74) is 0.719. The van der Waals surface area contributed by atoms with Gasteiger partial charge in [0, 0.05) is 20.1 Å². The highest BCUT2D eigenvalue weighted by Crippen LogP contribution is 2.11. The number of carbonyl (C=O) groups excluding carboxylic acids is 1. The maximum absolute atomic E-state index is 12.3. The first-order chi connectivity index (χ1) is 9.68. The van der Waals surface area contributed by atoms with E-state index in [-0.39, 0.29) is 18.0 Å². The van der Waals surface area contributed by atoms with E-state index in [1.807, 2.05) is 18.2 Å². The molecule has 6 nitrogen and oxygen atoms in total. The van der Waals surface area contributed by atoms with Gasteiger partial charge in [-0.3, -0.25) is 19.0 Å². The maximum atomic E-state index is 12.3. The molecule has 3 rings (SSSR count). The highest BCUT2D eigenvalue weighted by atomic mass is 16.5. The molecule has 0 spiro atoms. The normalized spacial score (nSPS) is 15.8. The molecule has 106 valence electrons. The minimum Gasteiger partial charge on any atom is -0.378 e. The third-order valence-corrected chi connectivity index (χ3v) is 3.72. The summed E-state index contributed by atoms with van der Waals surface area (Å²) in [4.78, 5) is 26.2. The second-order valence-corrected chi connectivity index (χ2v) is 4.90. The summed E-state index contributed by atoms with van der Waals surface area (Å²) >= 11 is 0. The zero-order valence-corrected chi connectivity index (χ0v) is 11.4. The van der Waals surface area contributed by atoms with Crippen molar-refractivity contribution in [2.45, 2.75) is 6.54 Å². The zero-order chi connectivity index (χ0) is 14.1. The number of hydrogen-bond donors (Lipinski definition) is 0. The number of fused-ring (bicyclic) bond motifs is 1. The van der Waals surface area contributed by atoms with Gasteiger partial charge in [0.1, 0.15) is 6.54 Å². The molecule has 0 aliphatic carbocycles. The smallest absolute Gasteiger partial charge is 0.274 e. The highest BCUT2D eigenvalue weighted by molar-refractivity contribution is 5.82. The van der Waals surface area contributed by atoms with Crippen LogP contribution in [0.2, 0.25) is 0 Å². The number of nitrogens with zero attached hydrogens (tertiary/aromatic N) is 3. The van der Waals surface area contributed by atoms with Gasteiger partial charge in [0.25, 0.3) is 5.56 Å². The van der Waals surface area contributed by atoms with E-state index >= 15 is 0 Å². The Morgan fingerprint density at radius 2 is 1.95 bits per heavy atom. The van der Waals surface area contributed by atoms with Crippen molar-refractivity contribution < 1.29 is 9.53 Å². The average Bonchev–Trinajstić information content (AvgIpc) is 2.74. The van der Waals surface area contributed by atoms with Gasteiger partial charge in [-0.15, -0.1) is 0 Å². The van der Waals surface area contributed by atoms with Crippen LogP contribution in [0.1, 0.15) is 0 Å². The van der Waals surface area contributed by atoms with Crippen LogP contribution in [0.3, 0.4) is 0 Å². The summed E-state index contributed by atoms with van der Waals surface area (Å²) in [7, 11) is 1.69. The Morgan fingerprint density at radius 1 is 1.25 bits per heavy atom. The van der Waals surface area contributed by atoms with E-state index in [1.54, 1.807) is 22.7 Å². The zero-order valence-electron chi connectivity index (χ0n) is 11.4. The third-order valence-electron chi connectivity index (χ3n) is 3.72. The van der Waals surface area contributed by atoms with Gasteiger partial charge in [0.15, 0.2) is 0 Å². The summed E-state index contributed by atoms with van der Waals surface area (Å²) in [6.07, 6.45) is 0. The Hall–Kier alpha value is -2.08. The van der Waals surface area contributed by atoms with E-state index in [0.29, 0.717) is 31.7 Å². The van der Waals surface area contributed by atoms with Crippen LogP contribution in [-0.2, 0) is 23.1 Å². The second-order valence-electron chi connectivity index (χ2n) is 4.90. The molecule has 1 aliphatic heterocycles. The van der Waals surface area contributed by atoms with E-state index < -0.39 is 0 Å². The molecule has 1 saturated heterocycles. The van der Waals surface area contributed by atoms with Crippen molar-refractivity contribution in [3.8, 4) is 0 Å². The lowest BCUT2D eigenvalue weighted by Gasteiger charge is -2.27. The molecule has 1 amide bonds. The molecule has 1 aromatic heterocycles. The first-order valence-electron chi connectivity index (χ1n) is 6.68. The van der Waals surface area contributed by atoms with E-state index in [0.717, 1.165) is 5.52 Å². The Kier molecular flexibility index (Phi) is 3.31. The number of benzene rings is 1. The molecule has 1 aliphatic rings. The molecule has 0 N–H and O–H groups in total. The summed E-state index contributed by atoms with van der Waals surface area (Å²) in [5.74, 6) is 0.0182. The van der Waals surface area contributed by atoms with E-state index in [4.69, 9.17) is 4.74 Å². The molecule has 0 radical (unpaired) electrons. The molecule has 1 fully saturated rings. The van der Waals surface area contributed by atoms with Gasteiger partial charge in [-0.05, 0) is 12.1 Å². The third kappa shape index (κ3) is 2.12. The molecular weight excluding hydrogens is 258 g/mol. The topological polar surface area (TPSA) is 56.5 Å². The fourth-order valence-electron chi connectivity index (χ4n) is 2.56. The fraction of sp³-hybridized carbons (Fsp3) is 0.429. The second kappa shape index (κ2) is 5.13. The molecular formula is C14H17N3O3. The van der Waals surface area contributed by atoms with Crippen LogP contribution in [0.15, 0.2) is 29.1 Å². The van der Waals surface area contributed by atoms with Crippen molar-refractivity contribution in [2.75, 3.05) is 26.3 Å². The molecule has 0 unspecified atom stereocenters. The van der Waals surface area contributed by atoms with Gasteiger partial charge >= 0.3 is 0 Å². The quantitative estimate of drug-likeness (QED) is 0.786. The number of rotatable bonds is 2. The molecule has 0 saturated carbocycles. The first-order valence-corrected chi connectivity index (χ1v) is 6.68. The fourth-order valence-corrected chi connectivity index (χ4v) is 2.56. The Bertz CT molecular complexity index is 695. The van der Waals surface area contributed by atoms with E-state index in [2.05, 4.69) is 0 Å². The van der Waals surface area contributed by atoms with Gasteiger partial charge in [-0.1, -0.05) is 12.1 Å². The predicted octanol–water partition coefficient (Wildman–Crippen LogP) is 0.199. The van der Waals surface area contributed by atoms with Gasteiger partial charge in [0.2, 0.25) is 5.91 Å². The molecule has 1 aromatic carbocycles. The van der Waals surface area contributed by atoms with Gasteiger partial charge in [0.05, 0.1) is 24.1 Å². The summed E-state index contributed by atoms with van der Waals surface area (Å²) in [6, 6.07) is 7.35. The maximum Gasteiger partial charge on any atom is 0.274 e. The molecule has 2 aromatic rings. The number of hydrogen-bond acceptors (Lipinski definition) is 3. The first kappa shape index (κ1) is 12.9. The summed E-state index contributed by atoms with van der Waals surface area (Å²) in [6.45, 7) is 2.57. The highest BCUT2D eigenvalue weighted by Gasteiger charge is 2.19. The molecule has 2 heterocycles. The lowest BCUT2D eigenvalue weighted by Crippen LogP contribution is -2.43. The van der Waals surface area contributed by atoms with Crippen molar-refractivity contribution in [3.63, 3.8) is 0 Å². The lowest BCUT2D eigenvalue weighted by molar-refractivity contribution is -0.136. The standard InChI is InChI=1S/C14H17N3O3/c1-15-14(19)11-4-2-3-5-12(11)17(15)10-13(18)16-6-8-20-9-7-16/h2-5H,6-10H2,1H3. The summed E-state index contributed by atoms with van der Waals surface area (Å²) < 4.78 is 8.48. The number of para-hydroxylation sites is 1. The van der Waals surface area contributed by atoms with E-state index in [1.165, 1.54) is 4.68 Å². The van der Waals surface area contributed by atoms with Crippen LogP contribution in [-0.4, -0.2) is 46.5 Å². The molecule has 6 heteroatoms. The van der Waals surface area contributed by atoms with Crippen LogP contribution < -0.4 is 5.56 Å². The number of aromatic nitrogens is 2. The van der Waals surface area contributed by atoms with Gasteiger partial charge in [-0.25, -0.2) is 0 Å². The Labute approximate surface area is 116 Å². The van der Waals surface area contributed by atoms with Crippen LogP contribution >= 0.6 is 0 Å². The van der Waals surface area contributed by atoms with Gasteiger partial charge in [-0.2, -0.15) is 0 Å². The number of morpholine rings is 1. The average molecular weight is 275 g/mol. The molecule has 0 bridgehead atoms. The number of amides is 1.